The smallest absolute Gasteiger partial charge is 0.329 e. The van der Waals surface area contributed by atoms with Gasteiger partial charge in [0.25, 0.3) is 0 Å². The molecule has 1 unspecified atom stereocenters. The number of benzene rings is 2. The van der Waals surface area contributed by atoms with Crippen LogP contribution in [0.15, 0.2) is 52.2 Å². The number of imide groups is 1. The summed E-state index contributed by atoms with van der Waals surface area (Å²) in [5.41, 5.74) is 14.6. The second-order valence-corrected chi connectivity index (χ2v) is 21.5. The van der Waals surface area contributed by atoms with Crippen molar-refractivity contribution in [3.8, 4) is 0 Å². The Morgan fingerprint density at radius 1 is 0.866 bits per heavy atom. The van der Waals surface area contributed by atoms with Crippen LogP contribution in [0, 0.1) is 11.8 Å². The number of sulfone groups is 1. The molecule has 7 amide bonds. The summed E-state index contributed by atoms with van der Waals surface area (Å²) < 4.78 is 28.1. The number of amides is 7. The minimum absolute atomic E-state index is 0.00877. The van der Waals surface area contributed by atoms with E-state index in [-0.39, 0.29) is 73.1 Å². The molecule has 362 valence electrons. The molecule has 20 heteroatoms. The van der Waals surface area contributed by atoms with Gasteiger partial charge < -0.3 is 31.9 Å². The van der Waals surface area contributed by atoms with Gasteiger partial charge in [0.05, 0.1) is 21.2 Å². The first kappa shape index (κ1) is 49.0. The van der Waals surface area contributed by atoms with E-state index in [1.54, 1.807) is 42.5 Å². The lowest BCUT2D eigenvalue weighted by atomic mass is 9.78. The summed E-state index contributed by atoms with van der Waals surface area (Å²) in [5, 5.41) is 7.23. The fourth-order valence-electron chi connectivity index (χ4n) is 10.2. The van der Waals surface area contributed by atoms with E-state index in [1.165, 1.54) is 21.6 Å². The molecule has 3 aromatic rings. The summed E-state index contributed by atoms with van der Waals surface area (Å²) in [7, 11) is -1.79. The number of carbonyl (C=O) groups excluding carboxylic acids is 7. The molecule has 4 fully saturated rings. The molecule has 2 aromatic carbocycles. The van der Waals surface area contributed by atoms with Crippen LogP contribution in [0.25, 0.3) is 11.0 Å². The number of aromatic nitrogens is 2. The van der Waals surface area contributed by atoms with Crippen molar-refractivity contribution in [3.05, 3.63) is 64.1 Å². The lowest BCUT2D eigenvalue weighted by molar-refractivity contribution is -0.145. The van der Waals surface area contributed by atoms with Crippen molar-refractivity contribution < 1.29 is 42.0 Å². The lowest BCUT2D eigenvalue weighted by Crippen LogP contribution is -2.60. The van der Waals surface area contributed by atoms with Gasteiger partial charge in [0, 0.05) is 52.0 Å². The summed E-state index contributed by atoms with van der Waals surface area (Å²) in [6.45, 7) is 3.59. The van der Waals surface area contributed by atoms with Gasteiger partial charge in [-0.15, -0.1) is 0 Å². The monoisotopic (exact) mass is 945 g/mol. The summed E-state index contributed by atoms with van der Waals surface area (Å²) in [4.78, 5) is 108. The Morgan fingerprint density at radius 3 is 2.22 bits per heavy atom. The number of nitrogens with zero attached hydrogens (tertiary/aromatic N) is 4. The predicted molar refractivity (Wildman–Crippen MR) is 246 cm³/mol. The first-order valence-electron chi connectivity index (χ1n) is 23.4. The number of nitrogens with one attached hydrogen (secondary N) is 3. The van der Waals surface area contributed by atoms with Gasteiger partial charge >= 0.3 is 5.69 Å². The first-order chi connectivity index (χ1) is 31.8. The molecule has 3 aliphatic heterocycles. The SMILES string of the molecule is CC(C)S(=O)(=O)c1ccc(CNC(=O)[C@H](CCC(N)=O)NC(=O)[C@@H]2CC[C@@H]3CCN(C(=O)CC4CCC(Cc5ccc6c(c5)n(C)c(=O)n6C5CCC(=O)NC5=O)CC4)C[C@H](N)C(=O)N32)cc1. The number of aryl methyl sites for hydroxylation is 1. The van der Waals surface area contributed by atoms with Crippen molar-refractivity contribution in [3.63, 3.8) is 0 Å². The molecule has 4 aliphatic rings. The number of nitrogens with two attached hydrogens (primary N) is 2. The highest BCUT2D eigenvalue weighted by Gasteiger charge is 2.45. The maximum Gasteiger partial charge on any atom is 0.329 e. The maximum atomic E-state index is 13.9. The predicted octanol–water partition coefficient (Wildman–Crippen LogP) is 1.22. The molecule has 7 N–H and O–H groups in total. The Morgan fingerprint density at radius 2 is 1.55 bits per heavy atom. The second-order valence-electron chi connectivity index (χ2n) is 19.0. The molecule has 1 aromatic heterocycles. The summed E-state index contributed by atoms with van der Waals surface area (Å²) in [6, 6.07) is 7.79. The van der Waals surface area contributed by atoms with Crippen molar-refractivity contribution in [1.82, 2.24) is 34.9 Å². The van der Waals surface area contributed by atoms with Crippen molar-refractivity contribution >= 4 is 62.2 Å². The van der Waals surface area contributed by atoms with Gasteiger partial charge in [-0.25, -0.2) is 13.2 Å². The molecule has 1 saturated carbocycles. The Balaban J connectivity index is 0.900. The topological polar surface area (TPSA) is 275 Å². The number of hydrogen-bond acceptors (Lipinski definition) is 11. The highest BCUT2D eigenvalue weighted by Crippen LogP contribution is 2.35. The standard InChI is InChI=1S/C47H63N9O10S/c1-27(2)67(65,66)33-12-8-30(9-13-33)25-50-43(60)35(14-18-40(49)57)51-44(61)37-16-11-32-20-21-54(26-34(48)46(63)55(32)37)42(59)24-29-6-4-28(5-7-29)22-31-10-15-36-39(23-31)53(3)47(64)56(36)38-17-19-41(58)52-45(38)62/h8-10,12-13,15,23,27-29,32,34-35,37-38H,4-7,11,14,16-22,24-26,48H2,1-3H3,(H2,49,57)(H,50,60)(H,51,61)(H,52,58,62)/t28?,29?,32-,34+,35+,37+,38?/m1/s1. The maximum absolute atomic E-state index is 13.9. The molecule has 4 heterocycles. The third-order valence-corrected chi connectivity index (χ3v) is 16.3. The van der Waals surface area contributed by atoms with E-state index in [9.17, 15) is 46.8 Å². The van der Waals surface area contributed by atoms with Crippen molar-refractivity contribution in [2.45, 2.75) is 144 Å². The third kappa shape index (κ3) is 11.0. The second kappa shape index (κ2) is 20.5. The van der Waals surface area contributed by atoms with Gasteiger partial charge in [-0.1, -0.05) is 18.2 Å². The number of piperidine rings is 1. The van der Waals surface area contributed by atoms with Crippen molar-refractivity contribution in [1.29, 1.82) is 0 Å². The normalized spacial score (nSPS) is 24.2. The van der Waals surface area contributed by atoms with Crippen molar-refractivity contribution in [2.24, 2.45) is 30.4 Å². The Labute approximate surface area is 389 Å². The van der Waals surface area contributed by atoms with E-state index in [1.807, 2.05) is 18.2 Å². The average Bonchev–Trinajstić information content (AvgIpc) is 3.82. The number of rotatable bonds is 15. The van der Waals surface area contributed by atoms with Gasteiger partial charge in [-0.3, -0.25) is 48.0 Å². The van der Waals surface area contributed by atoms with E-state index in [0.29, 0.717) is 49.2 Å². The average molecular weight is 946 g/mol. The number of imidazole rings is 1. The van der Waals surface area contributed by atoms with Gasteiger partial charge in [0.15, 0.2) is 9.84 Å². The van der Waals surface area contributed by atoms with Crippen LogP contribution in [0.4, 0.5) is 0 Å². The fraction of sp³-hybridized carbons (Fsp3) is 0.574. The number of carbonyl (C=O) groups is 7. The van der Waals surface area contributed by atoms with Gasteiger partial charge in [-0.2, -0.15) is 0 Å². The van der Waals surface area contributed by atoms with Gasteiger partial charge in [0.1, 0.15) is 24.2 Å². The zero-order valence-corrected chi connectivity index (χ0v) is 39.2. The van der Waals surface area contributed by atoms with Crippen LogP contribution in [-0.2, 0) is 63.4 Å². The van der Waals surface area contributed by atoms with Crippen LogP contribution in [0.2, 0.25) is 0 Å². The lowest BCUT2D eigenvalue weighted by Gasteiger charge is -2.38. The molecule has 0 radical (unpaired) electrons. The molecule has 19 nitrogen and oxygen atoms in total. The Kier molecular flexibility index (Phi) is 15.0. The van der Waals surface area contributed by atoms with Crippen LogP contribution in [0.3, 0.4) is 0 Å². The van der Waals surface area contributed by atoms with E-state index < -0.39 is 68.8 Å². The van der Waals surface area contributed by atoms with E-state index in [0.717, 1.165) is 43.2 Å². The molecule has 0 spiro atoms. The molecule has 1 aliphatic carbocycles. The molecular weight excluding hydrogens is 883 g/mol. The van der Waals surface area contributed by atoms with Gasteiger partial charge in [0.2, 0.25) is 41.4 Å². The van der Waals surface area contributed by atoms with E-state index in [4.69, 9.17) is 11.5 Å². The third-order valence-electron chi connectivity index (χ3n) is 14.2. The molecule has 5 atom stereocenters. The Bertz CT molecular complexity index is 2580. The number of hydrogen-bond donors (Lipinski definition) is 5. The summed E-state index contributed by atoms with van der Waals surface area (Å²) in [5.74, 6) is -2.54. The van der Waals surface area contributed by atoms with E-state index in [2.05, 4.69) is 16.0 Å². The summed E-state index contributed by atoms with van der Waals surface area (Å²) >= 11 is 0. The van der Waals surface area contributed by atoms with Crippen molar-refractivity contribution in [2.75, 3.05) is 13.1 Å². The molecule has 7 rings (SSSR count). The highest BCUT2D eigenvalue weighted by molar-refractivity contribution is 7.92. The van der Waals surface area contributed by atoms with Crippen LogP contribution >= 0.6 is 0 Å². The first-order valence-corrected chi connectivity index (χ1v) is 24.9. The van der Waals surface area contributed by atoms with Crippen LogP contribution in [0.5, 0.6) is 0 Å². The minimum Gasteiger partial charge on any atom is -0.370 e. The minimum atomic E-state index is -3.48. The molecule has 0 bridgehead atoms. The molecule has 3 saturated heterocycles. The fourth-order valence-corrected chi connectivity index (χ4v) is 11.3. The molecular formula is C47H63N9O10S. The largest absolute Gasteiger partial charge is 0.370 e. The van der Waals surface area contributed by atoms with Crippen LogP contribution in [0.1, 0.15) is 108 Å². The summed E-state index contributed by atoms with van der Waals surface area (Å²) in [6.07, 6.45) is 6.19. The number of primary amides is 1. The van der Waals surface area contributed by atoms with Gasteiger partial charge in [-0.05, 0) is 125 Å². The van der Waals surface area contributed by atoms with Crippen LogP contribution in [-0.4, -0.2) is 111 Å². The Hall–Kier alpha value is -5.89. The van der Waals surface area contributed by atoms with Crippen LogP contribution < -0.4 is 33.1 Å². The molecule has 67 heavy (non-hydrogen) atoms. The quantitative estimate of drug-likeness (QED) is 0.135. The zero-order chi connectivity index (χ0) is 48.3. The highest BCUT2D eigenvalue weighted by atomic mass is 32.2. The number of fused-ring (bicyclic) bond motifs is 2. The zero-order valence-electron chi connectivity index (χ0n) is 38.4. The van der Waals surface area contributed by atoms with E-state index >= 15 is 0 Å².